The summed E-state index contributed by atoms with van der Waals surface area (Å²) < 4.78 is 0. The third kappa shape index (κ3) is 2.19. The van der Waals surface area contributed by atoms with Crippen LogP contribution in [-0.4, -0.2) is 16.7 Å². The molecule has 2 aliphatic carbocycles. The van der Waals surface area contributed by atoms with Crippen LogP contribution in [0.4, 0.5) is 0 Å². The van der Waals surface area contributed by atoms with Crippen molar-refractivity contribution in [1.82, 2.24) is 0 Å². The minimum atomic E-state index is -0.821. The smallest absolute Gasteiger partial charge is 0.163 e. The Labute approximate surface area is 142 Å². The normalized spacial score (nSPS) is 29.6. The monoisotopic (exact) mass is 322 g/mol. The number of aromatic hydroxyl groups is 1. The third-order valence-corrected chi connectivity index (χ3v) is 5.62. The maximum Gasteiger partial charge on any atom is 0.163 e. The third-order valence-electron chi connectivity index (χ3n) is 5.62. The summed E-state index contributed by atoms with van der Waals surface area (Å²) in [5, 5.41) is 9.83. The molecule has 0 bridgehead atoms. The van der Waals surface area contributed by atoms with Gasteiger partial charge < -0.3 is 5.11 Å². The SMILES string of the molecule is C=CC1=CC[C@H]2C(=O)C(C)=CC(=O)[C@@]2(C)[C@H]1c1ccc(O)c(C)c1. The molecule has 0 saturated heterocycles. The van der Waals surface area contributed by atoms with Gasteiger partial charge in [0, 0.05) is 11.8 Å². The Morgan fingerprint density at radius 2 is 2.00 bits per heavy atom. The van der Waals surface area contributed by atoms with E-state index < -0.39 is 5.41 Å². The first-order valence-corrected chi connectivity index (χ1v) is 8.19. The topological polar surface area (TPSA) is 54.4 Å². The molecule has 0 amide bonds. The van der Waals surface area contributed by atoms with E-state index >= 15 is 0 Å². The lowest BCUT2D eigenvalue weighted by molar-refractivity contribution is -0.137. The summed E-state index contributed by atoms with van der Waals surface area (Å²) in [6, 6.07) is 5.38. The Balaban J connectivity index is 2.23. The van der Waals surface area contributed by atoms with E-state index in [2.05, 4.69) is 6.58 Å². The Bertz CT molecular complexity index is 812. The molecule has 3 rings (SSSR count). The average molecular weight is 322 g/mol. The Hall–Kier alpha value is -2.42. The molecule has 0 aromatic heterocycles. The van der Waals surface area contributed by atoms with Crippen molar-refractivity contribution < 1.29 is 14.7 Å². The van der Waals surface area contributed by atoms with E-state index in [1.165, 1.54) is 6.08 Å². The molecule has 0 heterocycles. The van der Waals surface area contributed by atoms with Crippen LogP contribution in [0, 0.1) is 18.3 Å². The molecule has 1 aromatic carbocycles. The van der Waals surface area contributed by atoms with Crippen molar-refractivity contribution in [2.45, 2.75) is 33.1 Å². The van der Waals surface area contributed by atoms with Crippen LogP contribution in [0.3, 0.4) is 0 Å². The Morgan fingerprint density at radius 1 is 1.29 bits per heavy atom. The highest BCUT2D eigenvalue weighted by Gasteiger charge is 2.54. The number of rotatable bonds is 2. The van der Waals surface area contributed by atoms with Crippen molar-refractivity contribution in [3.8, 4) is 5.75 Å². The predicted molar refractivity (Wildman–Crippen MR) is 93.8 cm³/mol. The lowest BCUT2D eigenvalue weighted by Gasteiger charge is -2.47. The number of Topliss-reactive ketones (excluding diaryl/α,β-unsaturated/α-hetero) is 1. The molecule has 2 aliphatic rings. The van der Waals surface area contributed by atoms with E-state index in [0.29, 0.717) is 12.0 Å². The van der Waals surface area contributed by atoms with Gasteiger partial charge in [0.05, 0.1) is 5.41 Å². The molecule has 24 heavy (non-hydrogen) atoms. The van der Waals surface area contributed by atoms with E-state index in [1.54, 1.807) is 19.1 Å². The number of phenolic OH excluding ortho intramolecular Hbond substituents is 1. The van der Waals surface area contributed by atoms with Crippen LogP contribution in [0.5, 0.6) is 5.75 Å². The largest absolute Gasteiger partial charge is 0.508 e. The first-order valence-electron chi connectivity index (χ1n) is 8.19. The van der Waals surface area contributed by atoms with E-state index in [9.17, 15) is 14.7 Å². The van der Waals surface area contributed by atoms with E-state index in [-0.39, 0.29) is 29.2 Å². The first kappa shape index (κ1) is 16.4. The van der Waals surface area contributed by atoms with Crippen LogP contribution in [0.25, 0.3) is 0 Å². The molecule has 0 spiro atoms. The fourth-order valence-electron chi connectivity index (χ4n) is 4.15. The zero-order valence-electron chi connectivity index (χ0n) is 14.3. The molecule has 3 heteroatoms. The van der Waals surface area contributed by atoms with Crippen LogP contribution in [-0.2, 0) is 9.59 Å². The number of allylic oxidation sites excluding steroid dienone is 5. The summed E-state index contributed by atoms with van der Waals surface area (Å²) in [6.07, 6.45) is 5.85. The van der Waals surface area contributed by atoms with Crippen molar-refractivity contribution in [2.24, 2.45) is 11.3 Å². The highest BCUT2D eigenvalue weighted by atomic mass is 16.3. The molecular formula is C21H22O3. The molecule has 0 radical (unpaired) electrons. The number of aryl methyl sites for hydroxylation is 1. The lowest BCUT2D eigenvalue weighted by Crippen LogP contribution is -2.49. The minimum Gasteiger partial charge on any atom is -0.508 e. The van der Waals surface area contributed by atoms with Crippen molar-refractivity contribution >= 4 is 11.6 Å². The van der Waals surface area contributed by atoms with Gasteiger partial charge in [0.15, 0.2) is 11.6 Å². The summed E-state index contributed by atoms with van der Waals surface area (Å²) in [7, 11) is 0. The van der Waals surface area contributed by atoms with Gasteiger partial charge in [-0.3, -0.25) is 9.59 Å². The van der Waals surface area contributed by atoms with E-state index in [1.807, 2.05) is 32.1 Å². The molecule has 0 fully saturated rings. The maximum absolute atomic E-state index is 13.0. The molecule has 3 atom stereocenters. The van der Waals surface area contributed by atoms with Crippen molar-refractivity contribution in [1.29, 1.82) is 0 Å². The summed E-state index contributed by atoms with van der Waals surface area (Å²) >= 11 is 0. The highest BCUT2D eigenvalue weighted by molar-refractivity contribution is 6.13. The molecular weight excluding hydrogens is 300 g/mol. The number of carbonyl (C=O) groups excluding carboxylic acids is 2. The Morgan fingerprint density at radius 3 is 2.62 bits per heavy atom. The molecule has 124 valence electrons. The Kier molecular flexibility index (Phi) is 3.83. The van der Waals surface area contributed by atoms with Crippen LogP contribution in [0.15, 0.2) is 54.2 Å². The first-order chi connectivity index (χ1) is 11.3. The van der Waals surface area contributed by atoms with E-state index in [4.69, 9.17) is 0 Å². The number of carbonyl (C=O) groups is 2. The van der Waals surface area contributed by atoms with Gasteiger partial charge in [0.25, 0.3) is 0 Å². The number of fused-ring (bicyclic) bond motifs is 1. The van der Waals surface area contributed by atoms with Crippen LogP contribution < -0.4 is 0 Å². The number of benzene rings is 1. The summed E-state index contributed by atoms with van der Waals surface area (Å²) in [4.78, 5) is 25.7. The van der Waals surface area contributed by atoms with Gasteiger partial charge in [-0.15, -0.1) is 0 Å². The number of hydrogen-bond acceptors (Lipinski definition) is 3. The summed E-state index contributed by atoms with van der Waals surface area (Å²) in [5.41, 5.74) is 2.37. The summed E-state index contributed by atoms with van der Waals surface area (Å²) in [5.74, 6) is -0.321. The van der Waals surface area contributed by atoms with Gasteiger partial charge in [-0.2, -0.15) is 0 Å². The molecule has 0 aliphatic heterocycles. The maximum atomic E-state index is 13.0. The molecule has 3 nitrogen and oxygen atoms in total. The molecule has 1 N–H and O–H groups in total. The van der Waals surface area contributed by atoms with E-state index in [0.717, 1.165) is 16.7 Å². The quantitative estimate of drug-likeness (QED) is 0.894. The van der Waals surface area contributed by atoms with Crippen LogP contribution >= 0.6 is 0 Å². The minimum absolute atomic E-state index is 0.00669. The van der Waals surface area contributed by atoms with Gasteiger partial charge in [0.1, 0.15) is 5.75 Å². The average Bonchev–Trinajstić information content (AvgIpc) is 2.55. The van der Waals surface area contributed by atoms with Gasteiger partial charge in [-0.25, -0.2) is 0 Å². The van der Waals surface area contributed by atoms with Crippen LogP contribution in [0.2, 0.25) is 0 Å². The van der Waals surface area contributed by atoms with Gasteiger partial charge in [0.2, 0.25) is 0 Å². The van der Waals surface area contributed by atoms with Crippen molar-refractivity contribution in [2.75, 3.05) is 0 Å². The van der Waals surface area contributed by atoms with Crippen LogP contribution in [0.1, 0.15) is 37.3 Å². The van der Waals surface area contributed by atoms with Gasteiger partial charge in [-0.05, 0) is 54.7 Å². The summed E-state index contributed by atoms with van der Waals surface area (Å²) in [6.45, 7) is 9.34. The van der Waals surface area contributed by atoms with Gasteiger partial charge >= 0.3 is 0 Å². The van der Waals surface area contributed by atoms with Crippen molar-refractivity contribution in [3.63, 3.8) is 0 Å². The lowest BCUT2D eigenvalue weighted by atomic mass is 9.53. The number of hydrogen-bond donors (Lipinski definition) is 1. The molecule has 0 unspecified atom stereocenters. The fourth-order valence-corrected chi connectivity index (χ4v) is 4.15. The second kappa shape index (κ2) is 5.59. The zero-order chi connectivity index (χ0) is 17.6. The van der Waals surface area contributed by atoms with Crippen molar-refractivity contribution in [3.05, 3.63) is 65.3 Å². The number of ketones is 2. The fraction of sp³-hybridized carbons (Fsp3) is 0.333. The molecule has 1 aromatic rings. The molecule has 0 saturated carbocycles. The second-order valence-electron chi connectivity index (χ2n) is 7.01. The standard InChI is InChI=1S/C21H22O3/c1-5-14-6-8-16-20(24)13(3)11-18(23)21(16,4)19(14)15-7-9-17(22)12(2)10-15/h5-7,9-11,16,19,22H,1,8H2,2-4H3/t16-,19+,21-/m0/s1. The second-order valence-corrected chi connectivity index (χ2v) is 7.01. The number of phenols is 1. The highest BCUT2D eigenvalue weighted by Crippen LogP contribution is 2.54. The van der Waals surface area contributed by atoms with Gasteiger partial charge in [-0.1, -0.05) is 37.8 Å². The predicted octanol–water partition coefficient (Wildman–Crippen LogP) is 4.02. The zero-order valence-corrected chi connectivity index (χ0v) is 14.3.